The molecule has 19 heavy (non-hydrogen) atoms. The van der Waals surface area contributed by atoms with Crippen LogP contribution in [0.15, 0.2) is 0 Å². The Kier molecular flexibility index (Phi) is 8.11. The number of hydrogen-bond acceptors (Lipinski definition) is 2. The summed E-state index contributed by atoms with van der Waals surface area (Å²) < 4.78 is 5.11. The van der Waals surface area contributed by atoms with Crippen LogP contribution in [0.5, 0.6) is 0 Å². The highest BCUT2D eigenvalue weighted by Crippen LogP contribution is 2.25. The summed E-state index contributed by atoms with van der Waals surface area (Å²) in [5.74, 6) is 1.35. The third kappa shape index (κ3) is 6.42. The molecule has 0 aliphatic heterocycles. The van der Waals surface area contributed by atoms with E-state index in [1.807, 2.05) is 0 Å². The Hall–Kier alpha value is -0.570. The number of methoxy groups -OCH3 is 1. The van der Waals surface area contributed by atoms with Crippen molar-refractivity contribution in [3.8, 4) is 0 Å². The molecule has 0 radical (unpaired) electrons. The van der Waals surface area contributed by atoms with Crippen molar-refractivity contribution in [3.63, 3.8) is 0 Å². The molecule has 0 unspecified atom stereocenters. The molecule has 1 fully saturated rings. The minimum absolute atomic E-state index is 0.295. The van der Waals surface area contributed by atoms with E-state index in [-0.39, 0.29) is 0 Å². The van der Waals surface area contributed by atoms with E-state index in [0.29, 0.717) is 17.7 Å². The topological polar surface area (TPSA) is 29.5 Å². The molecule has 0 aromatic rings. The quantitative estimate of drug-likeness (QED) is 0.631. The van der Waals surface area contributed by atoms with Crippen LogP contribution in [0.2, 0.25) is 0 Å². The maximum atomic E-state index is 12.6. The molecule has 112 valence electrons. The second-order valence-electron chi connectivity index (χ2n) is 6.19. The number of nitrogens with zero attached hydrogens (tertiary/aromatic N) is 1. The number of amides is 1. The number of ether oxygens (including phenoxy) is 1. The molecule has 0 aromatic carbocycles. The van der Waals surface area contributed by atoms with Crippen molar-refractivity contribution in [2.24, 2.45) is 11.8 Å². The molecule has 1 saturated carbocycles. The molecular formula is C16H31NO2. The lowest BCUT2D eigenvalue weighted by Gasteiger charge is -2.30. The normalized spacial score (nSPS) is 16.8. The van der Waals surface area contributed by atoms with Gasteiger partial charge in [-0.3, -0.25) is 4.79 Å². The highest BCUT2D eigenvalue weighted by molar-refractivity contribution is 5.78. The first-order valence-corrected chi connectivity index (χ1v) is 7.93. The molecule has 3 nitrogen and oxygen atoms in total. The summed E-state index contributed by atoms with van der Waals surface area (Å²) in [6, 6.07) is 0. The molecule has 0 bridgehead atoms. The number of carbonyl (C=O) groups is 1. The van der Waals surface area contributed by atoms with E-state index >= 15 is 0 Å². The molecule has 0 N–H and O–H groups in total. The number of carbonyl (C=O) groups excluding carboxylic acids is 1. The monoisotopic (exact) mass is 269 g/mol. The molecule has 0 atom stereocenters. The fraction of sp³-hybridized carbons (Fsp3) is 0.938. The Morgan fingerprint density at radius 1 is 1.21 bits per heavy atom. The van der Waals surface area contributed by atoms with Crippen LogP contribution in [0.25, 0.3) is 0 Å². The lowest BCUT2D eigenvalue weighted by Crippen LogP contribution is -2.39. The predicted molar refractivity (Wildman–Crippen MR) is 79.1 cm³/mol. The van der Waals surface area contributed by atoms with Gasteiger partial charge in [0.2, 0.25) is 5.91 Å². The SMILES string of the molecule is COCCCN(CCC(C)C)C(=O)C1CCCCC1. The van der Waals surface area contributed by atoms with Crippen molar-refractivity contribution >= 4 is 5.91 Å². The van der Waals surface area contributed by atoms with Gasteiger partial charge in [-0.15, -0.1) is 0 Å². The fourth-order valence-electron chi connectivity index (χ4n) is 2.75. The molecular weight excluding hydrogens is 238 g/mol. The van der Waals surface area contributed by atoms with E-state index in [2.05, 4.69) is 18.7 Å². The highest BCUT2D eigenvalue weighted by atomic mass is 16.5. The second-order valence-corrected chi connectivity index (χ2v) is 6.19. The fourth-order valence-corrected chi connectivity index (χ4v) is 2.75. The molecule has 1 rings (SSSR count). The van der Waals surface area contributed by atoms with Gasteiger partial charge in [0, 0.05) is 32.7 Å². The van der Waals surface area contributed by atoms with Crippen molar-refractivity contribution < 1.29 is 9.53 Å². The van der Waals surface area contributed by atoms with Crippen molar-refractivity contribution in [2.75, 3.05) is 26.8 Å². The maximum absolute atomic E-state index is 12.6. The molecule has 3 heteroatoms. The minimum atomic E-state index is 0.295. The van der Waals surface area contributed by atoms with Crippen LogP contribution in [-0.2, 0) is 9.53 Å². The zero-order chi connectivity index (χ0) is 14.1. The van der Waals surface area contributed by atoms with Gasteiger partial charge in [0.1, 0.15) is 0 Å². The predicted octanol–water partition coefficient (Wildman–Crippen LogP) is 3.48. The van der Waals surface area contributed by atoms with E-state index in [1.165, 1.54) is 19.3 Å². The van der Waals surface area contributed by atoms with E-state index in [1.54, 1.807) is 7.11 Å². The van der Waals surface area contributed by atoms with Crippen LogP contribution in [0.1, 0.15) is 58.8 Å². The lowest BCUT2D eigenvalue weighted by atomic mass is 9.88. The number of rotatable bonds is 8. The first-order chi connectivity index (χ1) is 9.15. The van der Waals surface area contributed by atoms with E-state index < -0.39 is 0 Å². The Morgan fingerprint density at radius 3 is 2.47 bits per heavy atom. The molecule has 0 aromatic heterocycles. The summed E-state index contributed by atoms with van der Waals surface area (Å²) in [5.41, 5.74) is 0. The first-order valence-electron chi connectivity index (χ1n) is 7.93. The maximum Gasteiger partial charge on any atom is 0.225 e. The first kappa shape index (κ1) is 16.5. The van der Waals surface area contributed by atoms with Crippen LogP contribution in [0.3, 0.4) is 0 Å². The van der Waals surface area contributed by atoms with Gasteiger partial charge < -0.3 is 9.64 Å². The van der Waals surface area contributed by atoms with Crippen LogP contribution in [-0.4, -0.2) is 37.6 Å². The molecule has 0 spiro atoms. The summed E-state index contributed by atoms with van der Waals surface area (Å²) in [7, 11) is 1.72. The zero-order valence-corrected chi connectivity index (χ0v) is 13.0. The van der Waals surface area contributed by atoms with Crippen molar-refractivity contribution in [1.29, 1.82) is 0 Å². The van der Waals surface area contributed by atoms with Gasteiger partial charge in [-0.1, -0.05) is 33.1 Å². The van der Waals surface area contributed by atoms with Crippen LogP contribution in [0.4, 0.5) is 0 Å². The Bertz CT molecular complexity index is 247. The van der Waals surface area contributed by atoms with Crippen molar-refractivity contribution in [3.05, 3.63) is 0 Å². The Labute approximate surface area is 118 Å². The summed E-state index contributed by atoms with van der Waals surface area (Å²) >= 11 is 0. The highest BCUT2D eigenvalue weighted by Gasteiger charge is 2.25. The molecule has 1 aliphatic rings. The molecule has 1 aliphatic carbocycles. The molecule has 0 heterocycles. The summed E-state index contributed by atoms with van der Waals surface area (Å²) in [6.45, 7) is 6.96. The van der Waals surface area contributed by atoms with E-state index in [9.17, 15) is 4.79 Å². The van der Waals surface area contributed by atoms with Gasteiger partial charge in [0.05, 0.1) is 0 Å². The summed E-state index contributed by atoms with van der Waals surface area (Å²) in [5, 5.41) is 0. The minimum Gasteiger partial charge on any atom is -0.385 e. The standard InChI is InChI=1S/C16H31NO2/c1-14(2)10-12-17(11-7-13-19-3)16(18)15-8-5-4-6-9-15/h14-15H,4-13H2,1-3H3. The smallest absolute Gasteiger partial charge is 0.225 e. The van der Waals surface area contributed by atoms with Gasteiger partial charge in [-0.25, -0.2) is 0 Å². The van der Waals surface area contributed by atoms with Gasteiger partial charge in [-0.2, -0.15) is 0 Å². The van der Waals surface area contributed by atoms with Crippen LogP contribution < -0.4 is 0 Å². The average molecular weight is 269 g/mol. The third-order valence-electron chi connectivity index (χ3n) is 4.02. The lowest BCUT2D eigenvalue weighted by molar-refractivity contribution is -0.137. The van der Waals surface area contributed by atoms with E-state index in [0.717, 1.165) is 45.4 Å². The summed E-state index contributed by atoms with van der Waals surface area (Å²) in [6.07, 6.45) is 8.01. The number of hydrogen-bond donors (Lipinski definition) is 0. The van der Waals surface area contributed by atoms with Crippen LogP contribution in [0, 0.1) is 11.8 Å². The zero-order valence-electron chi connectivity index (χ0n) is 13.0. The average Bonchev–Trinajstić information content (AvgIpc) is 2.42. The Balaban J connectivity index is 2.46. The van der Waals surface area contributed by atoms with E-state index in [4.69, 9.17) is 4.74 Å². The summed E-state index contributed by atoms with van der Waals surface area (Å²) in [4.78, 5) is 14.7. The van der Waals surface area contributed by atoms with Crippen molar-refractivity contribution in [2.45, 2.75) is 58.8 Å². The van der Waals surface area contributed by atoms with Gasteiger partial charge in [-0.05, 0) is 31.6 Å². The molecule has 1 amide bonds. The Morgan fingerprint density at radius 2 is 1.89 bits per heavy atom. The van der Waals surface area contributed by atoms with Crippen LogP contribution >= 0.6 is 0 Å². The van der Waals surface area contributed by atoms with Gasteiger partial charge >= 0.3 is 0 Å². The molecule has 0 saturated heterocycles. The van der Waals surface area contributed by atoms with Crippen molar-refractivity contribution in [1.82, 2.24) is 4.90 Å². The third-order valence-corrected chi connectivity index (χ3v) is 4.02. The largest absolute Gasteiger partial charge is 0.385 e. The van der Waals surface area contributed by atoms with Gasteiger partial charge in [0.15, 0.2) is 0 Å². The second kappa shape index (κ2) is 9.35. The van der Waals surface area contributed by atoms with Gasteiger partial charge in [0.25, 0.3) is 0 Å².